The van der Waals surface area contributed by atoms with Crippen molar-refractivity contribution in [1.29, 1.82) is 0 Å². The molecule has 1 aliphatic heterocycles. The number of halogens is 2. The normalized spacial score (nSPS) is 21.4. The second kappa shape index (κ2) is 4.49. The van der Waals surface area contributed by atoms with Crippen LogP contribution in [0.15, 0.2) is 18.2 Å². The van der Waals surface area contributed by atoms with Gasteiger partial charge in [0.1, 0.15) is 0 Å². The Hall–Kier alpha value is -0.280. The van der Waals surface area contributed by atoms with Crippen LogP contribution in [0.5, 0.6) is 0 Å². The molecule has 1 aromatic rings. The Balaban J connectivity index is 2.05. The molecule has 1 aromatic carbocycles. The van der Waals surface area contributed by atoms with Gasteiger partial charge >= 0.3 is 0 Å². The molecule has 0 radical (unpaired) electrons. The van der Waals surface area contributed by atoms with Crippen LogP contribution in [0.1, 0.15) is 5.56 Å². The lowest BCUT2D eigenvalue weighted by Crippen LogP contribution is -2.16. The standard InChI is InChI=1S/C10H11Cl2NO/c11-9-2-1-7(4-10(9)12)3-8-5-13-6-14-8/h1-2,4,8,13H,3,5-6H2. The molecule has 76 valence electrons. The largest absolute Gasteiger partial charge is 0.361 e. The highest BCUT2D eigenvalue weighted by Crippen LogP contribution is 2.23. The molecule has 0 bridgehead atoms. The second-order valence-electron chi connectivity index (χ2n) is 3.34. The van der Waals surface area contributed by atoms with E-state index in [-0.39, 0.29) is 6.10 Å². The van der Waals surface area contributed by atoms with Crippen LogP contribution in [-0.2, 0) is 11.2 Å². The fraction of sp³-hybridized carbons (Fsp3) is 0.400. The third-order valence-electron chi connectivity index (χ3n) is 2.24. The van der Waals surface area contributed by atoms with Gasteiger partial charge in [0.2, 0.25) is 0 Å². The minimum Gasteiger partial charge on any atom is -0.361 e. The number of benzene rings is 1. The summed E-state index contributed by atoms with van der Waals surface area (Å²) in [6.07, 6.45) is 1.14. The van der Waals surface area contributed by atoms with Crippen molar-refractivity contribution in [2.75, 3.05) is 13.3 Å². The molecule has 1 fully saturated rings. The van der Waals surface area contributed by atoms with Gasteiger partial charge in [-0.2, -0.15) is 0 Å². The number of ether oxygens (including phenoxy) is 1. The fourth-order valence-electron chi connectivity index (χ4n) is 1.52. The van der Waals surface area contributed by atoms with E-state index in [1.165, 1.54) is 0 Å². The van der Waals surface area contributed by atoms with Gasteiger partial charge in [0.25, 0.3) is 0 Å². The first-order valence-electron chi connectivity index (χ1n) is 4.52. The number of rotatable bonds is 2. The van der Waals surface area contributed by atoms with Gasteiger partial charge < -0.3 is 4.74 Å². The molecule has 2 rings (SSSR count). The van der Waals surface area contributed by atoms with Crippen molar-refractivity contribution in [1.82, 2.24) is 5.32 Å². The third-order valence-corrected chi connectivity index (χ3v) is 2.98. The molecule has 1 heterocycles. The molecule has 0 aromatic heterocycles. The molecule has 2 nitrogen and oxygen atoms in total. The number of hydrogen-bond donors (Lipinski definition) is 1. The van der Waals surface area contributed by atoms with Gasteiger partial charge in [0.05, 0.1) is 22.9 Å². The highest BCUT2D eigenvalue weighted by Gasteiger charge is 2.15. The van der Waals surface area contributed by atoms with Gasteiger partial charge in [-0.1, -0.05) is 29.3 Å². The van der Waals surface area contributed by atoms with Crippen molar-refractivity contribution in [3.8, 4) is 0 Å². The Morgan fingerprint density at radius 2 is 2.21 bits per heavy atom. The molecule has 1 N–H and O–H groups in total. The highest BCUT2D eigenvalue weighted by atomic mass is 35.5. The predicted octanol–water partition coefficient (Wildman–Crippen LogP) is 2.48. The zero-order valence-corrected chi connectivity index (χ0v) is 9.11. The van der Waals surface area contributed by atoms with Crippen LogP contribution in [0.4, 0.5) is 0 Å². The van der Waals surface area contributed by atoms with Crippen molar-refractivity contribution >= 4 is 23.2 Å². The van der Waals surface area contributed by atoms with Crippen LogP contribution < -0.4 is 5.32 Å². The summed E-state index contributed by atoms with van der Waals surface area (Å²) in [5.41, 5.74) is 1.16. The Morgan fingerprint density at radius 1 is 1.36 bits per heavy atom. The summed E-state index contributed by atoms with van der Waals surface area (Å²) < 4.78 is 5.44. The van der Waals surface area contributed by atoms with E-state index in [2.05, 4.69) is 5.32 Å². The Bertz CT molecular complexity index is 324. The lowest BCUT2D eigenvalue weighted by Gasteiger charge is -2.08. The number of hydrogen-bond acceptors (Lipinski definition) is 2. The van der Waals surface area contributed by atoms with E-state index < -0.39 is 0 Å². The van der Waals surface area contributed by atoms with Crippen LogP contribution >= 0.6 is 23.2 Å². The summed E-state index contributed by atoms with van der Waals surface area (Å²) in [5, 5.41) is 4.34. The van der Waals surface area contributed by atoms with Gasteiger partial charge in [-0.05, 0) is 24.1 Å². The van der Waals surface area contributed by atoms with E-state index in [1.807, 2.05) is 18.2 Å². The Labute approximate surface area is 93.2 Å². The molecule has 0 amide bonds. The van der Waals surface area contributed by atoms with Crippen LogP contribution in [0.2, 0.25) is 10.0 Å². The molecule has 4 heteroatoms. The van der Waals surface area contributed by atoms with Crippen LogP contribution in [0, 0.1) is 0 Å². The quantitative estimate of drug-likeness (QED) is 0.845. The molecule has 0 aliphatic carbocycles. The monoisotopic (exact) mass is 231 g/mol. The lowest BCUT2D eigenvalue weighted by atomic mass is 10.1. The highest BCUT2D eigenvalue weighted by molar-refractivity contribution is 6.42. The second-order valence-corrected chi connectivity index (χ2v) is 4.15. The predicted molar refractivity (Wildman–Crippen MR) is 57.9 cm³/mol. The van der Waals surface area contributed by atoms with E-state index in [4.69, 9.17) is 27.9 Å². The minimum absolute atomic E-state index is 0.257. The average Bonchev–Trinajstić information content (AvgIpc) is 2.64. The van der Waals surface area contributed by atoms with Gasteiger partial charge in [-0.25, -0.2) is 0 Å². The van der Waals surface area contributed by atoms with Crippen molar-refractivity contribution in [3.63, 3.8) is 0 Å². The first kappa shape index (κ1) is 10.2. The topological polar surface area (TPSA) is 21.3 Å². The maximum absolute atomic E-state index is 5.91. The molecule has 1 unspecified atom stereocenters. The van der Waals surface area contributed by atoms with E-state index in [0.29, 0.717) is 16.8 Å². The van der Waals surface area contributed by atoms with Gasteiger partial charge in [0, 0.05) is 6.54 Å². The molecule has 14 heavy (non-hydrogen) atoms. The molecular weight excluding hydrogens is 221 g/mol. The van der Waals surface area contributed by atoms with Crippen LogP contribution in [0.25, 0.3) is 0 Å². The molecule has 0 saturated carbocycles. The third kappa shape index (κ3) is 2.39. The van der Waals surface area contributed by atoms with Crippen molar-refractivity contribution in [2.45, 2.75) is 12.5 Å². The summed E-state index contributed by atoms with van der Waals surface area (Å²) in [7, 11) is 0. The molecule has 1 saturated heterocycles. The van der Waals surface area contributed by atoms with E-state index in [0.717, 1.165) is 18.5 Å². The van der Waals surface area contributed by atoms with Crippen molar-refractivity contribution < 1.29 is 4.74 Å². The maximum Gasteiger partial charge on any atom is 0.0970 e. The Kier molecular flexibility index (Phi) is 3.29. The lowest BCUT2D eigenvalue weighted by molar-refractivity contribution is 0.114. The van der Waals surface area contributed by atoms with Gasteiger partial charge in [0.15, 0.2) is 0 Å². The summed E-state index contributed by atoms with van der Waals surface area (Å²) in [5.74, 6) is 0. The van der Waals surface area contributed by atoms with Crippen LogP contribution in [0.3, 0.4) is 0 Å². The summed E-state index contributed by atoms with van der Waals surface area (Å²) in [4.78, 5) is 0. The van der Waals surface area contributed by atoms with Crippen LogP contribution in [-0.4, -0.2) is 19.4 Å². The molecule has 1 aliphatic rings. The zero-order valence-electron chi connectivity index (χ0n) is 7.59. The van der Waals surface area contributed by atoms with Crippen molar-refractivity contribution in [2.24, 2.45) is 0 Å². The van der Waals surface area contributed by atoms with Gasteiger partial charge in [-0.15, -0.1) is 0 Å². The maximum atomic E-state index is 5.91. The average molecular weight is 232 g/mol. The molecule has 1 atom stereocenters. The van der Waals surface area contributed by atoms with E-state index in [1.54, 1.807) is 0 Å². The zero-order chi connectivity index (χ0) is 9.97. The summed E-state index contributed by atoms with van der Waals surface area (Å²) in [6.45, 7) is 1.55. The van der Waals surface area contributed by atoms with Gasteiger partial charge in [-0.3, -0.25) is 5.32 Å². The van der Waals surface area contributed by atoms with E-state index in [9.17, 15) is 0 Å². The SMILES string of the molecule is Clc1ccc(CC2CNCO2)cc1Cl. The Morgan fingerprint density at radius 3 is 2.86 bits per heavy atom. The summed E-state index contributed by atoms with van der Waals surface area (Å²) in [6, 6.07) is 5.70. The molecular formula is C10H11Cl2NO. The van der Waals surface area contributed by atoms with Crippen molar-refractivity contribution in [3.05, 3.63) is 33.8 Å². The fourth-order valence-corrected chi connectivity index (χ4v) is 1.84. The smallest absolute Gasteiger partial charge is 0.0970 e. The molecule has 0 spiro atoms. The first-order chi connectivity index (χ1) is 6.75. The van der Waals surface area contributed by atoms with E-state index >= 15 is 0 Å². The summed E-state index contributed by atoms with van der Waals surface area (Å²) >= 11 is 11.7. The first-order valence-corrected chi connectivity index (χ1v) is 5.27. The minimum atomic E-state index is 0.257. The number of nitrogens with one attached hydrogen (secondary N) is 1.